The summed E-state index contributed by atoms with van der Waals surface area (Å²) in [5, 5.41) is 0. The zero-order valence-electron chi connectivity index (χ0n) is 15.2. The highest BCUT2D eigenvalue weighted by atomic mass is 14.1. The van der Waals surface area contributed by atoms with Gasteiger partial charge in [-0.05, 0) is 36.8 Å². The number of aryl methyl sites for hydroxylation is 2. The van der Waals surface area contributed by atoms with Crippen LogP contribution in [0.4, 0.5) is 0 Å². The molecule has 1 heteroatoms. The van der Waals surface area contributed by atoms with Crippen LogP contribution in [0.3, 0.4) is 0 Å². The highest BCUT2D eigenvalue weighted by Crippen LogP contribution is 2.17. The fourth-order valence-corrected chi connectivity index (χ4v) is 3.24. The minimum absolute atomic E-state index is 0. The first kappa shape index (κ1) is 22.3. The lowest BCUT2D eigenvalue weighted by Crippen LogP contribution is -1.95. The molecule has 0 aromatic heterocycles. The van der Waals surface area contributed by atoms with E-state index in [0.29, 0.717) is 0 Å². The quantitative estimate of drug-likeness (QED) is 0.279. The van der Waals surface area contributed by atoms with E-state index in [-0.39, 0.29) is 8.41 Å². The molecule has 0 N–H and O–H groups in total. The number of hydrogen-bond acceptors (Lipinski definition) is 0. The van der Waals surface area contributed by atoms with Gasteiger partial charge in [0.2, 0.25) is 0 Å². The molecule has 23 heavy (non-hydrogen) atoms. The SMILES string of the molecule is B.CCCCCCCCc1ccccc1CCCCCCCC. The number of hydrogen-bond donors (Lipinski definition) is 0. The Bertz CT molecular complexity index is 324. The summed E-state index contributed by atoms with van der Waals surface area (Å²) in [6, 6.07) is 9.16. The summed E-state index contributed by atoms with van der Waals surface area (Å²) in [6.45, 7) is 4.58. The molecule has 0 bridgehead atoms. The van der Waals surface area contributed by atoms with Gasteiger partial charge in [0.25, 0.3) is 0 Å². The van der Waals surface area contributed by atoms with Crippen LogP contribution in [0.1, 0.15) is 102 Å². The topological polar surface area (TPSA) is 0 Å². The third kappa shape index (κ3) is 11.5. The van der Waals surface area contributed by atoms with Crippen LogP contribution in [0.2, 0.25) is 0 Å². The summed E-state index contributed by atoms with van der Waals surface area (Å²) in [5.41, 5.74) is 3.23. The molecule has 1 aromatic carbocycles. The van der Waals surface area contributed by atoms with Crippen molar-refractivity contribution < 1.29 is 0 Å². The molecule has 0 radical (unpaired) electrons. The first-order valence-electron chi connectivity index (χ1n) is 9.95. The van der Waals surface area contributed by atoms with E-state index in [9.17, 15) is 0 Å². The predicted molar refractivity (Wildman–Crippen MR) is 111 cm³/mol. The molecule has 0 nitrogen and oxygen atoms in total. The van der Waals surface area contributed by atoms with Crippen molar-refractivity contribution in [3.05, 3.63) is 35.4 Å². The third-order valence-electron chi connectivity index (χ3n) is 4.72. The molecule has 0 heterocycles. The van der Waals surface area contributed by atoms with Gasteiger partial charge in [-0.3, -0.25) is 0 Å². The lowest BCUT2D eigenvalue weighted by molar-refractivity contribution is 0.599. The second-order valence-corrected chi connectivity index (χ2v) is 6.80. The zero-order chi connectivity index (χ0) is 15.9. The molecule has 1 rings (SSSR count). The molecule has 1 aromatic rings. The molecule has 0 unspecified atom stereocenters. The number of rotatable bonds is 14. The van der Waals surface area contributed by atoms with Gasteiger partial charge in [-0.2, -0.15) is 0 Å². The van der Waals surface area contributed by atoms with Crippen LogP contribution in [-0.2, 0) is 12.8 Å². The van der Waals surface area contributed by atoms with Gasteiger partial charge >= 0.3 is 0 Å². The van der Waals surface area contributed by atoms with Gasteiger partial charge in [-0.1, -0.05) is 102 Å². The summed E-state index contributed by atoms with van der Waals surface area (Å²) < 4.78 is 0. The van der Waals surface area contributed by atoms with Crippen molar-refractivity contribution in [1.29, 1.82) is 0 Å². The molecule has 0 fully saturated rings. The molecular formula is C22H41B. The van der Waals surface area contributed by atoms with Gasteiger partial charge in [0.15, 0.2) is 0 Å². The lowest BCUT2D eigenvalue weighted by atomic mass is 9.96. The molecule has 0 saturated heterocycles. The van der Waals surface area contributed by atoms with Crippen molar-refractivity contribution in [2.45, 2.75) is 104 Å². The number of unbranched alkanes of at least 4 members (excludes halogenated alkanes) is 10. The monoisotopic (exact) mass is 316 g/mol. The molecule has 132 valence electrons. The highest BCUT2D eigenvalue weighted by molar-refractivity contribution is 5.75. The highest BCUT2D eigenvalue weighted by Gasteiger charge is 2.02. The van der Waals surface area contributed by atoms with Gasteiger partial charge in [-0.15, -0.1) is 0 Å². The van der Waals surface area contributed by atoms with Gasteiger partial charge < -0.3 is 0 Å². The summed E-state index contributed by atoms with van der Waals surface area (Å²) >= 11 is 0. The van der Waals surface area contributed by atoms with E-state index >= 15 is 0 Å². The van der Waals surface area contributed by atoms with Crippen LogP contribution in [0.5, 0.6) is 0 Å². The Labute approximate surface area is 148 Å². The third-order valence-corrected chi connectivity index (χ3v) is 4.72. The second kappa shape index (κ2) is 16.2. The van der Waals surface area contributed by atoms with Crippen LogP contribution in [0.15, 0.2) is 24.3 Å². The molecular weight excluding hydrogens is 275 g/mol. The molecule has 0 saturated carbocycles. The summed E-state index contributed by atoms with van der Waals surface area (Å²) in [4.78, 5) is 0. The molecule has 0 atom stereocenters. The average molecular weight is 316 g/mol. The Hall–Kier alpha value is -0.715. The summed E-state index contributed by atoms with van der Waals surface area (Å²) in [7, 11) is 0. The van der Waals surface area contributed by atoms with Crippen molar-refractivity contribution in [2.24, 2.45) is 0 Å². The van der Waals surface area contributed by atoms with Crippen molar-refractivity contribution in [3.63, 3.8) is 0 Å². The minimum Gasteiger partial charge on any atom is -0.0654 e. The van der Waals surface area contributed by atoms with Gasteiger partial charge in [0, 0.05) is 0 Å². The number of benzene rings is 1. The first-order valence-corrected chi connectivity index (χ1v) is 9.95. The maximum Gasteiger partial charge on any atom is 0.0814 e. The van der Waals surface area contributed by atoms with E-state index in [1.807, 2.05) is 0 Å². The predicted octanol–water partition coefficient (Wildman–Crippen LogP) is 6.31. The van der Waals surface area contributed by atoms with Crippen molar-refractivity contribution in [1.82, 2.24) is 0 Å². The summed E-state index contributed by atoms with van der Waals surface area (Å²) in [6.07, 6.45) is 19.4. The Morgan fingerprint density at radius 1 is 0.522 bits per heavy atom. The molecule has 0 spiro atoms. The van der Waals surface area contributed by atoms with Crippen molar-refractivity contribution >= 4 is 8.41 Å². The Morgan fingerprint density at radius 3 is 1.26 bits per heavy atom. The van der Waals surface area contributed by atoms with Gasteiger partial charge in [0.1, 0.15) is 0 Å². The molecule has 0 aliphatic carbocycles. The average Bonchev–Trinajstić information content (AvgIpc) is 2.55. The lowest BCUT2D eigenvalue weighted by Gasteiger charge is -2.09. The first-order chi connectivity index (χ1) is 10.9. The smallest absolute Gasteiger partial charge is 0.0654 e. The Balaban J connectivity index is 0.00000484. The normalized spacial score (nSPS) is 10.5. The second-order valence-electron chi connectivity index (χ2n) is 6.80. The zero-order valence-corrected chi connectivity index (χ0v) is 15.2. The van der Waals surface area contributed by atoms with Crippen LogP contribution >= 0.6 is 0 Å². The Kier molecular flexibility index (Phi) is 15.7. The molecule has 0 aliphatic heterocycles. The van der Waals surface area contributed by atoms with Crippen LogP contribution in [0, 0.1) is 0 Å². The standard InChI is InChI=1S/C22H38.BH3/c1-3-5-7-9-11-13-17-21-19-15-16-20-22(21)18-14-12-10-8-6-4-2;/h15-16,19-20H,3-14,17-18H2,1-2H3;1H3. The maximum atomic E-state index is 2.36. The van der Waals surface area contributed by atoms with Gasteiger partial charge in [0.05, 0.1) is 8.41 Å². The van der Waals surface area contributed by atoms with Crippen molar-refractivity contribution in [2.75, 3.05) is 0 Å². The van der Waals surface area contributed by atoms with E-state index in [1.165, 1.54) is 89.9 Å². The fourth-order valence-electron chi connectivity index (χ4n) is 3.24. The molecule has 0 amide bonds. The van der Waals surface area contributed by atoms with E-state index in [2.05, 4.69) is 38.1 Å². The maximum absolute atomic E-state index is 2.36. The van der Waals surface area contributed by atoms with E-state index in [0.717, 1.165) is 0 Å². The molecule has 0 aliphatic rings. The van der Waals surface area contributed by atoms with E-state index < -0.39 is 0 Å². The van der Waals surface area contributed by atoms with Crippen molar-refractivity contribution in [3.8, 4) is 0 Å². The largest absolute Gasteiger partial charge is 0.0814 e. The minimum atomic E-state index is 0. The fraction of sp³-hybridized carbons (Fsp3) is 0.727. The van der Waals surface area contributed by atoms with Crippen LogP contribution in [-0.4, -0.2) is 8.41 Å². The summed E-state index contributed by atoms with van der Waals surface area (Å²) in [5.74, 6) is 0. The Morgan fingerprint density at radius 2 is 0.870 bits per heavy atom. The van der Waals surface area contributed by atoms with E-state index in [1.54, 1.807) is 11.1 Å². The van der Waals surface area contributed by atoms with Crippen LogP contribution < -0.4 is 0 Å². The van der Waals surface area contributed by atoms with Crippen LogP contribution in [0.25, 0.3) is 0 Å². The van der Waals surface area contributed by atoms with Gasteiger partial charge in [-0.25, -0.2) is 0 Å². The van der Waals surface area contributed by atoms with E-state index in [4.69, 9.17) is 0 Å².